The predicted octanol–water partition coefficient (Wildman–Crippen LogP) is 3.11. The zero-order valence-electron chi connectivity index (χ0n) is 11.8. The van der Waals surface area contributed by atoms with Crippen molar-refractivity contribution in [3.63, 3.8) is 0 Å². The van der Waals surface area contributed by atoms with Crippen LogP contribution in [-0.2, 0) is 0 Å². The third-order valence-electron chi connectivity index (χ3n) is 2.82. The van der Waals surface area contributed by atoms with Crippen LogP contribution in [0.25, 0.3) is 0 Å². The quantitative estimate of drug-likeness (QED) is 0.800. The van der Waals surface area contributed by atoms with Crippen molar-refractivity contribution in [1.29, 1.82) is 0 Å². The van der Waals surface area contributed by atoms with Gasteiger partial charge in [0.25, 0.3) is 0 Å². The van der Waals surface area contributed by atoms with E-state index in [-0.39, 0.29) is 0 Å². The number of ether oxygens (including phenoxy) is 3. The zero-order chi connectivity index (χ0) is 14.4. The van der Waals surface area contributed by atoms with Crippen molar-refractivity contribution in [3.05, 3.63) is 53.6 Å². The van der Waals surface area contributed by atoms with E-state index in [1.165, 1.54) is 0 Å². The molecule has 2 aromatic rings. The van der Waals surface area contributed by atoms with Gasteiger partial charge in [0.05, 0.1) is 21.3 Å². The molecule has 0 aliphatic rings. The van der Waals surface area contributed by atoms with Gasteiger partial charge in [0.15, 0.2) is 0 Å². The van der Waals surface area contributed by atoms with Gasteiger partial charge >= 0.3 is 0 Å². The third kappa shape index (κ3) is 3.04. The maximum atomic E-state index is 5.36. The van der Waals surface area contributed by atoms with Crippen LogP contribution in [0.1, 0.15) is 11.1 Å². The molecule has 20 heavy (non-hydrogen) atoms. The van der Waals surface area contributed by atoms with Gasteiger partial charge in [-0.2, -0.15) is 0 Å². The highest BCUT2D eigenvalue weighted by atomic mass is 16.5. The fourth-order valence-electron chi connectivity index (χ4n) is 1.79. The fraction of sp³-hybridized carbons (Fsp3) is 0.176. The van der Waals surface area contributed by atoms with Crippen LogP contribution in [0.3, 0.4) is 0 Å². The molecule has 3 nitrogen and oxygen atoms in total. The number of rotatable bonds is 3. The van der Waals surface area contributed by atoms with Gasteiger partial charge in [-0.3, -0.25) is 0 Å². The van der Waals surface area contributed by atoms with Crippen molar-refractivity contribution < 1.29 is 14.2 Å². The van der Waals surface area contributed by atoms with E-state index >= 15 is 0 Å². The molecule has 0 N–H and O–H groups in total. The number of hydrogen-bond acceptors (Lipinski definition) is 3. The van der Waals surface area contributed by atoms with E-state index in [1.54, 1.807) is 33.5 Å². The van der Waals surface area contributed by atoms with E-state index < -0.39 is 0 Å². The van der Waals surface area contributed by atoms with E-state index in [9.17, 15) is 0 Å². The average Bonchev–Trinajstić information content (AvgIpc) is 2.52. The van der Waals surface area contributed by atoms with Crippen LogP contribution >= 0.6 is 0 Å². The highest BCUT2D eigenvalue weighted by molar-refractivity contribution is 5.60. The molecule has 0 spiro atoms. The predicted molar refractivity (Wildman–Crippen MR) is 78.5 cm³/mol. The smallest absolute Gasteiger partial charge is 0.141 e. The summed E-state index contributed by atoms with van der Waals surface area (Å²) in [5.74, 6) is 8.12. The highest BCUT2D eigenvalue weighted by Gasteiger charge is 2.10. The molecule has 0 saturated carbocycles. The lowest BCUT2D eigenvalue weighted by Gasteiger charge is -2.11. The van der Waals surface area contributed by atoms with Gasteiger partial charge in [0, 0.05) is 17.7 Å². The molecular weight excluding hydrogens is 252 g/mol. The Hall–Kier alpha value is -2.60. The molecule has 0 aliphatic carbocycles. The topological polar surface area (TPSA) is 27.7 Å². The Balaban J connectivity index is 2.48. The molecular formula is C17H16O3. The Labute approximate surface area is 119 Å². The first kappa shape index (κ1) is 13.8. The van der Waals surface area contributed by atoms with Crippen LogP contribution in [0.15, 0.2) is 42.5 Å². The molecule has 3 heteroatoms. The zero-order valence-corrected chi connectivity index (χ0v) is 11.8. The second-order valence-electron chi connectivity index (χ2n) is 4.02. The lowest BCUT2D eigenvalue weighted by Crippen LogP contribution is -1.95. The first-order valence-electron chi connectivity index (χ1n) is 6.15. The molecule has 0 unspecified atom stereocenters. The van der Waals surface area contributed by atoms with Gasteiger partial charge in [0.2, 0.25) is 0 Å². The second-order valence-corrected chi connectivity index (χ2v) is 4.02. The Morgan fingerprint density at radius 1 is 0.750 bits per heavy atom. The van der Waals surface area contributed by atoms with Gasteiger partial charge in [-0.15, -0.1) is 0 Å². The van der Waals surface area contributed by atoms with Crippen LogP contribution in [0.2, 0.25) is 0 Å². The van der Waals surface area contributed by atoms with Gasteiger partial charge in [-0.05, 0) is 12.1 Å². The number of methoxy groups -OCH3 is 3. The van der Waals surface area contributed by atoms with Crippen molar-refractivity contribution in [2.24, 2.45) is 0 Å². The van der Waals surface area contributed by atoms with E-state index in [0.717, 1.165) is 5.56 Å². The molecule has 0 fully saturated rings. The lowest BCUT2D eigenvalue weighted by molar-refractivity contribution is 0.374. The SMILES string of the molecule is COc1cc(OC)c(C#Cc2ccccc2)c(OC)c1. The maximum Gasteiger partial charge on any atom is 0.141 e. The summed E-state index contributed by atoms with van der Waals surface area (Å²) in [6.45, 7) is 0. The molecule has 0 atom stereocenters. The normalized spacial score (nSPS) is 9.35. The summed E-state index contributed by atoms with van der Waals surface area (Å²) >= 11 is 0. The minimum Gasteiger partial charge on any atom is -0.496 e. The van der Waals surface area contributed by atoms with Gasteiger partial charge in [-0.1, -0.05) is 30.0 Å². The first-order chi connectivity index (χ1) is 9.78. The fourth-order valence-corrected chi connectivity index (χ4v) is 1.79. The maximum absolute atomic E-state index is 5.36. The Bertz CT molecular complexity index is 611. The molecule has 0 heterocycles. The van der Waals surface area contributed by atoms with Crippen molar-refractivity contribution in [2.75, 3.05) is 21.3 Å². The standard InChI is InChI=1S/C17H16O3/c1-18-14-11-16(19-2)15(17(12-14)20-3)10-9-13-7-5-4-6-8-13/h4-8,11-12H,1-3H3. The third-order valence-corrected chi connectivity index (χ3v) is 2.82. The Kier molecular flexibility index (Phi) is 4.52. The molecule has 0 aliphatic heterocycles. The van der Waals surface area contributed by atoms with Crippen molar-refractivity contribution in [3.8, 4) is 29.1 Å². The number of benzene rings is 2. The van der Waals surface area contributed by atoms with Gasteiger partial charge in [0.1, 0.15) is 22.8 Å². The Morgan fingerprint density at radius 3 is 1.85 bits per heavy atom. The molecule has 0 bridgehead atoms. The van der Waals surface area contributed by atoms with E-state index in [2.05, 4.69) is 11.8 Å². The summed E-state index contributed by atoms with van der Waals surface area (Å²) in [5.41, 5.74) is 1.65. The van der Waals surface area contributed by atoms with E-state index in [4.69, 9.17) is 14.2 Å². The summed E-state index contributed by atoms with van der Waals surface area (Å²) in [7, 11) is 4.80. The van der Waals surface area contributed by atoms with Crippen LogP contribution < -0.4 is 14.2 Å². The summed E-state index contributed by atoms with van der Waals surface area (Å²) in [4.78, 5) is 0. The number of hydrogen-bond donors (Lipinski definition) is 0. The minimum atomic E-state index is 0.629. The van der Waals surface area contributed by atoms with Crippen LogP contribution in [0.4, 0.5) is 0 Å². The molecule has 0 radical (unpaired) electrons. The van der Waals surface area contributed by atoms with Gasteiger partial charge in [-0.25, -0.2) is 0 Å². The van der Waals surface area contributed by atoms with Crippen molar-refractivity contribution in [2.45, 2.75) is 0 Å². The van der Waals surface area contributed by atoms with Crippen LogP contribution in [0, 0.1) is 11.8 Å². The van der Waals surface area contributed by atoms with Crippen LogP contribution in [0.5, 0.6) is 17.2 Å². The van der Waals surface area contributed by atoms with Crippen LogP contribution in [-0.4, -0.2) is 21.3 Å². The van der Waals surface area contributed by atoms with Crippen molar-refractivity contribution in [1.82, 2.24) is 0 Å². The highest BCUT2D eigenvalue weighted by Crippen LogP contribution is 2.33. The monoisotopic (exact) mass is 268 g/mol. The first-order valence-corrected chi connectivity index (χ1v) is 6.15. The molecule has 0 aromatic heterocycles. The van der Waals surface area contributed by atoms with E-state index in [0.29, 0.717) is 22.8 Å². The molecule has 0 amide bonds. The molecule has 2 aromatic carbocycles. The molecule has 0 saturated heterocycles. The average molecular weight is 268 g/mol. The van der Waals surface area contributed by atoms with Gasteiger partial charge < -0.3 is 14.2 Å². The largest absolute Gasteiger partial charge is 0.496 e. The summed E-state index contributed by atoms with van der Waals surface area (Å²) < 4.78 is 15.9. The summed E-state index contributed by atoms with van der Waals surface area (Å²) in [6.07, 6.45) is 0. The minimum absolute atomic E-state index is 0.629. The lowest BCUT2D eigenvalue weighted by atomic mass is 10.1. The van der Waals surface area contributed by atoms with E-state index in [1.807, 2.05) is 30.3 Å². The molecule has 102 valence electrons. The second kappa shape index (κ2) is 6.53. The van der Waals surface area contributed by atoms with Crippen molar-refractivity contribution >= 4 is 0 Å². The summed E-state index contributed by atoms with van der Waals surface area (Å²) in [5, 5.41) is 0. The molecule has 2 rings (SSSR count). The Morgan fingerprint density at radius 2 is 1.35 bits per heavy atom. The summed E-state index contributed by atoms with van der Waals surface area (Å²) in [6, 6.07) is 13.3.